The van der Waals surface area contributed by atoms with Crippen LogP contribution >= 0.6 is 0 Å². The minimum Gasteiger partial charge on any atom is -0.394 e. The average Bonchev–Trinajstić information content (AvgIpc) is 3.37. The molecule has 1 saturated heterocycles. The van der Waals surface area contributed by atoms with Gasteiger partial charge in [0, 0.05) is 6.42 Å². The Morgan fingerprint density at radius 2 is 0.789 bits per heavy atom. The average molecular weight is 1010 g/mol. The van der Waals surface area contributed by atoms with Gasteiger partial charge in [0.1, 0.15) is 24.4 Å². The number of carbonyl (C=O) groups is 1. The number of hydrogen-bond acceptors (Lipinski definition) is 8. The number of ether oxygens (including phenoxy) is 2. The van der Waals surface area contributed by atoms with Gasteiger partial charge in [-0.3, -0.25) is 4.79 Å². The van der Waals surface area contributed by atoms with Gasteiger partial charge in [-0.25, -0.2) is 0 Å². The number of aliphatic hydroxyl groups is 5. The summed E-state index contributed by atoms with van der Waals surface area (Å²) in [4.78, 5) is 13.1. The predicted molar refractivity (Wildman–Crippen MR) is 300 cm³/mol. The van der Waals surface area contributed by atoms with Crippen LogP contribution in [-0.2, 0) is 14.3 Å². The van der Waals surface area contributed by atoms with Crippen molar-refractivity contribution in [2.45, 2.75) is 365 Å². The highest BCUT2D eigenvalue weighted by Crippen LogP contribution is 2.24. The summed E-state index contributed by atoms with van der Waals surface area (Å²) in [5.74, 6) is -0.138. The summed E-state index contributed by atoms with van der Waals surface area (Å²) in [6.45, 7) is 3.89. The summed E-state index contributed by atoms with van der Waals surface area (Å²) in [7, 11) is 0. The maximum atomic E-state index is 13.1. The highest BCUT2D eigenvalue weighted by atomic mass is 16.7. The molecule has 7 unspecified atom stereocenters. The van der Waals surface area contributed by atoms with Gasteiger partial charge in [0.25, 0.3) is 0 Å². The first kappa shape index (κ1) is 67.9. The molecule has 7 atom stereocenters. The van der Waals surface area contributed by atoms with E-state index in [1.807, 2.05) is 0 Å². The fourth-order valence-corrected chi connectivity index (χ4v) is 10.4. The first-order valence-corrected chi connectivity index (χ1v) is 31.4. The van der Waals surface area contributed by atoms with Crippen molar-refractivity contribution in [1.29, 1.82) is 0 Å². The minimum atomic E-state index is -1.55. The second-order valence-electron chi connectivity index (χ2n) is 22.2. The lowest BCUT2D eigenvalue weighted by molar-refractivity contribution is -0.302. The third-order valence-electron chi connectivity index (χ3n) is 15.4. The molecule has 0 aliphatic carbocycles. The normalized spacial score (nSPS) is 19.2. The van der Waals surface area contributed by atoms with Crippen LogP contribution in [0.3, 0.4) is 0 Å². The van der Waals surface area contributed by atoms with Crippen LogP contribution in [0.2, 0.25) is 0 Å². The number of amides is 1. The molecule has 0 radical (unpaired) electrons. The topological polar surface area (TPSA) is 149 Å². The first-order chi connectivity index (χ1) is 34.8. The second-order valence-corrected chi connectivity index (χ2v) is 22.2. The van der Waals surface area contributed by atoms with Crippen LogP contribution in [0.5, 0.6) is 0 Å². The third kappa shape index (κ3) is 41.8. The zero-order valence-electron chi connectivity index (χ0n) is 47.0. The van der Waals surface area contributed by atoms with Gasteiger partial charge in [0.15, 0.2) is 6.29 Å². The molecule has 71 heavy (non-hydrogen) atoms. The zero-order valence-corrected chi connectivity index (χ0v) is 47.0. The van der Waals surface area contributed by atoms with Crippen molar-refractivity contribution in [3.8, 4) is 0 Å². The molecule has 9 nitrogen and oxygen atoms in total. The fourth-order valence-electron chi connectivity index (χ4n) is 10.4. The minimum absolute atomic E-state index is 0.133. The van der Waals surface area contributed by atoms with Gasteiger partial charge >= 0.3 is 0 Å². The molecule has 1 amide bonds. The van der Waals surface area contributed by atoms with Crippen LogP contribution in [0, 0.1) is 0 Å². The number of unbranched alkanes of at least 4 members (excludes halogenated alkanes) is 43. The Morgan fingerprint density at radius 3 is 1.14 bits per heavy atom. The summed E-state index contributed by atoms with van der Waals surface area (Å²) in [6, 6.07) is -0.717. The highest BCUT2D eigenvalue weighted by molar-refractivity contribution is 5.76. The summed E-state index contributed by atoms with van der Waals surface area (Å²) >= 11 is 0. The number of carbonyl (C=O) groups excluding carboxylic acids is 1. The Balaban J connectivity index is 2.16. The standard InChI is InChI=1S/C62H121NO8/c1-3-5-7-9-11-13-15-17-19-21-23-25-27-28-30-32-34-36-38-40-42-44-46-48-50-52-58(66)63-55(54-70-62-61(69)60(68)59(67)57(53-64)71-62)56(65)51-49-47-45-43-41-39-37-35-33-31-29-26-24-22-20-18-16-14-12-10-8-6-4-2/h21,23,55-57,59-62,64-65,67-69H,3-20,22,24-54H2,1-2H3,(H,63,66)/b23-21-. The van der Waals surface area contributed by atoms with Crippen molar-refractivity contribution in [1.82, 2.24) is 5.32 Å². The zero-order chi connectivity index (χ0) is 51.5. The fraction of sp³-hybridized carbons (Fsp3) is 0.952. The third-order valence-corrected chi connectivity index (χ3v) is 15.4. The van der Waals surface area contributed by atoms with E-state index in [-0.39, 0.29) is 12.5 Å². The molecule has 9 heteroatoms. The molecule has 1 fully saturated rings. The molecule has 0 saturated carbocycles. The van der Waals surface area contributed by atoms with Gasteiger partial charge in [-0.1, -0.05) is 289 Å². The van der Waals surface area contributed by atoms with Crippen LogP contribution in [0.25, 0.3) is 0 Å². The monoisotopic (exact) mass is 1010 g/mol. The van der Waals surface area contributed by atoms with Gasteiger partial charge < -0.3 is 40.3 Å². The summed E-state index contributed by atoms with van der Waals surface area (Å²) in [5.41, 5.74) is 0. The predicted octanol–water partition coefficient (Wildman–Crippen LogP) is 16.0. The van der Waals surface area contributed by atoms with Crippen molar-refractivity contribution in [3.63, 3.8) is 0 Å². The molecule has 0 aromatic heterocycles. The lowest BCUT2D eigenvalue weighted by Gasteiger charge is -2.40. The Bertz CT molecular complexity index is 1120. The molecule has 1 heterocycles. The number of rotatable bonds is 55. The number of aliphatic hydroxyl groups excluding tert-OH is 5. The molecular formula is C62H121NO8. The molecule has 0 spiro atoms. The van der Waals surface area contributed by atoms with E-state index >= 15 is 0 Å². The van der Waals surface area contributed by atoms with E-state index in [1.165, 1.54) is 257 Å². The van der Waals surface area contributed by atoms with Crippen molar-refractivity contribution in [3.05, 3.63) is 12.2 Å². The van der Waals surface area contributed by atoms with E-state index in [0.717, 1.165) is 38.5 Å². The van der Waals surface area contributed by atoms with Crippen molar-refractivity contribution in [2.24, 2.45) is 0 Å². The maximum Gasteiger partial charge on any atom is 0.220 e. The lowest BCUT2D eigenvalue weighted by Crippen LogP contribution is -2.60. The number of hydrogen-bond donors (Lipinski definition) is 6. The summed E-state index contributed by atoms with van der Waals surface area (Å²) in [6.07, 6.45) is 58.2. The molecule has 0 bridgehead atoms. The molecular weight excluding hydrogens is 887 g/mol. The molecule has 0 aromatic carbocycles. The number of allylic oxidation sites excluding steroid dienone is 2. The van der Waals surface area contributed by atoms with Gasteiger partial charge in [0.05, 0.1) is 25.4 Å². The van der Waals surface area contributed by atoms with Crippen LogP contribution in [0.4, 0.5) is 0 Å². The number of nitrogens with one attached hydrogen (secondary N) is 1. The Labute approximate surface area is 439 Å². The smallest absolute Gasteiger partial charge is 0.220 e. The highest BCUT2D eigenvalue weighted by Gasteiger charge is 2.44. The van der Waals surface area contributed by atoms with Crippen LogP contribution < -0.4 is 5.32 Å². The quantitative estimate of drug-likeness (QED) is 0.0261. The Hall–Kier alpha value is -1.07. The molecule has 1 rings (SSSR count). The van der Waals surface area contributed by atoms with E-state index in [0.29, 0.717) is 12.8 Å². The van der Waals surface area contributed by atoms with Crippen molar-refractivity contribution >= 4 is 5.91 Å². The van der Waals surface area contributed by atoms with Crippen LogP contribution in [-0.4, -0.2) is 87.5 Å². The van der Waals surface area contributed by atoms with Gasteiger partial charge in [0.2, 0.25) is 5.91 Å². The maximum absolute atomic E-state index is 13.1. The van der Waals surface area contributed by atoms with Gasteiger partial charge in [-0.15, -0.1) is 0 Å². The van der Waals surface area contributed by atoms with Crippen LogP contribution in [0.15, 0.2) is 12.2 Å². The van der Waals surface area contributed by atoms with Gasteiger partial charge in [-0.2, -0.15) is 0 Å². The molecule has 422 valence electrons. The molecule has 0 aromatic rings. The van der Waals surface area contributed by atoms with E-state index < -0.39 is 49.5 Å². The van der Waals surface area contributed by atoms with E-state index in [1.54, 1.807) is 0 Å². The lowest BCUT2D eigenvalue weighted by atomic mass is 9.99. The Morgan fingerprint density at radius 1 is 0.465 bits per heavy atom. The van der Waals surface area contributed by atoms with Gasteiger partial charge in [-0.05, 0) is 38.5 Å². The Kier molecular flexibility index (Phi) is 50.1. The molecule has 6 N–H and O–H groups in total. The SMILES string of the molecule is CCCCCCCCCC/C=C\CCCCCCCCCCCCCCCC(=O)NC(COC1OC(CO)C(O)C(O)C1O)C(O)CCCCCCCCCCCCCCCCCCCCCCCCC. The van der Waals surface area contributed by atoms with Crippen LogP contribution in [0.1, 0.15) is 322 Å². The van der Waals surface area contributed by atoms with E-state index in [9.17, 15) is 30.3 Å². The second kappa shape index (κ2) is 52.4. The molecule has 1 aliphatic heterocycles. The van der Waals surface area contributed by atoms with E-state index in [4.69, 9.17) is 9.47 Å². The van der Waals surface area contributed by atoms with E-state index in [2.05, 4.69) is 31.3 Å². The summed E-state index contributed by atoms with van der Waals surface area (Å²) < 4.78 is 11.3. The first-order valence-electron chi connectivity index (χ1n) is 31.4. The van der Waals surface area contributed by atoms with Crippen molar-refractivity contribution in [2.75, 3.05) is 13.2 Å². The summed E-state index contributed by atoms with van der Waals surface area (Å²) in [5, 5.41) is 54.8. The van der Waals surface area contributed by atoms with Crippen molar-refractivity contribution < 1.29 is 39.8 Å². The largest absolute Gasteiger partial charge is 0.394 e. The molecule has 1 aliphatic rings.